The summed E-state index contributed by atoms with van der Waals surface area (Å²) in [5.41, 5.74) is 0.713. The molecule has 1 fully saturated rings. The van der Waals surface area contributed by atoms with Crippen LogP contribution in [-0.2, 0) is 17.3 Å². The molecular formula is C24H23F4N3O3S. The molecule has 0 spiro atoms. The molecule has 0 atom stereocenters. The summed E-state index contributed by atoms with van der Waals surface area (Å²) < 4.78 is 65.2. The quantitative estimate of drug-likeness (QED) is 0.465. The molecule has 6 nitrogen and oxygen atoms in total. The van der Waals surface area contributed by atoms with Crippen molar-refractivity contribution in [3.05, 3.63) is 64.4 Å². The second-order valence-electron chi connectivity index (χ2n) is 7.81. The third-order valence-electron chi connectivity index (χ3n) is 5.48. The molecule has 0 radical (unpaired) electrons. The Hall–Kier alpha value is -3.18. The first-order chi connectivity index (χ1) is 16.8. The Bertz CT molecular complexity index is 1190. The fourth-order valence-corrected chi connectivity index (χ4v) is 4.78. The largest absolute Gasteiger partial charge is 0.496 e. The Balaban J connectivity index is 1.49. The van der Waals surface area contributed by atoms with Crippen LogP contribution in [0.5, 0.6) is 5.75 Å². The predicted molar refractivity (Wildman–Crippen MR) is 125 cm³/mol. The van der Waals surface area contributed by atoms with Gasteiger partial charge in [-0.15, -0.1) is 11.3 Å². The van der Waals surface area contributed by atoms with Gasteiger partial charge < -0.3 is 19.7 Å². The number of methoxy groups -OCH3 is 1. The topological polar surface area (TPSA) is 63.7 Å². The Labute approximate surface area is 203 Å². The lowest BCUT2D eigenvalue weighted by Crippen LogP contribution is -2.36. The Morgan fingerprint density at radius 3 is 2.69 bits per heavy atom. The van der Waals surface area contributed by atoms with Crippen molar-refractivity contribution in [2.75, 3.05) is 44.9 Å². The number of halogens is 4. The average Bonchev–Trinajstić information content (AvgIpc) is 3.31. The van der Waals surface area contributed by atoms with Crippen molar-refractivity contribution >= 4 is 22.9 Å². The highest BCUT2D eigenvalue weighted by Crippen LogP contribution is 2.40. The summed E-state index contributed by atoms with van der Waals surface area (Å²) in [4.78, 5) is 17.9. The molecule has 0 aliphatic carbocycles. The number of ether oxygens (including phenoxy) is 2. The highest BCUT2D eigenvalue weighted by Gasteiger charge is 2.40. The molecule has 4 rings (SSSR count). The van der Waals surface area contributed by atoms with Gasteiger partial charge in [0.25, 0.3) is 5.91 Å². The van der Waals surface area contributed by atoms with Gasteiger partial charge in [0.05, 0.1) is 25.9 Å². The summed E-state index contributed by atoms with van der Waals surface area (Å²) in [6.45, 7) is 3.01. The van der Waals surface area contributed by atoms with Crippen LogP contribution in [0.1, 0.15) is 20.9 Å². The first-order valence-electron chi connectivity index (χ1n) is 10.9. The molecule has 0 saturated carbocycles. The number of nitrogens with zero attached hydrogens (tertiary/aromatic N) is 2. The van der Waals surface area contributed by atoms with Gasteiger partial charge in [-0.3, -0.25) is 4.79 Å². The highest BCUT2D eigenvalue weighted by atomic mass is 32.1. The molecule has 1 N–H and O–H groups in total. The van der Waals surface area contributed by atoms with Gasteiger partial charge in [-0.1, -0.05) is 12.1 Å². The second kappa shape index (κ2) is 10.6. The van der Waals surface area contributed by atoms with Crippen LogP contribution in [0.4, 0.5) is 23.2 Å². The second-order valence-corrected chi connectivity index (χ2v) is 8.81. The molecule has 1 aliphatic rings. The van der Waals surface area contributed by atoms with Crippen molar-refractivity contribution in [1.82, 2.24) is 10.3 Å². The highest BCUT2D eigenvalue weighted by molar-refractivity contribution is 7.17. The van der Waals surface area contributed by atoms with Crippen molar-refractivity contribution in [2.45, 2.75) is 12.6 Å². The Morgan fingerprint density at radius 2 is 1.97 bits per heavy atom. The maximum absolute atomic E-state index is 13.8. The number of nitrogens with one attached hydrogen (secondary N) is 1. The molecule has 1 aliphatic heterocycles. The van der Waals surface area contributed by atoms with Crippen molar-refractivity contribution < 1.29 is 31.8 Å². The van der Waals surface area contributed by atoms with Gasteiger partial charge in [0.2, 0.25) is 0 Å². The lowest BCUT2D eigenvalue weighted by Gasteiger charge is -2.29. The molecule has 0 bridgehead atoms. The Morgan fingerprint density at radius 1 is 1.20 bits per heavy atom. The number of carbonyl (C=O) groups is 1. The van der Waals surface area contributed by atoms with E-state index in [9.17, 15) is 22.4 Å². The molecular weight excluding hydrogens is 486 g/mol. The first kappa shape index (κ1) is 24.9. The summed E-state index contributed by atoms with van der Waals surface area (Å²) >= 11 is 0.545. The van der Waals surface area contributed by atoms with Gasteiger partial charge in [-0.2, -0.15) is 13.2 Å². The number of hydrogen-bond donors (Lipinski definition) is 1. The zero-order valence-electron chi connectivity index (χ0n) is 18.8. The Kier molecular flexibility index (Phi) is 7.56. The predicted octanol–water partition coefficient (Wildman–Crippen LogP) is 4.79. The van der Waals surface area contributed by atoms with E-state index in [0.717, 1.165) is 36.5 Å². The summed E-state index contributed by atoms with van der Waals surface area (Å²) in [7, 11) is 1.32. The standard InChI is InChI=1S/C24H23F4N3O3S/c1-33-19-6-5-16(25)14-18(19)23-30-21(24(26,27)28)20(35-23)22(32)29-8-7-15-3-2-4-17(13-15)31-9-11-34-12-10-31/h2-6,13-14H,7-12H2,1H3,(H,29,32). The SMILES string of the molecule is COc1ccc(F)cc1-c1nc(C(F)(F)F)c(C(=O)NCCc2cccc(N3CCOCC3)c2)s1. The number of benzene rings is 2. The number of alkyl halides is 3. The van der Waals surface area contributed by atoms with Gasteiger partial charge in [-0.25, -0.2) is 9.37 Å². The minimum Gasteiger partial charge on any atom is -0.496 e. The summed E-state index contributed by atoms with van der Waals surface area (Å²) in [6.07, 6.45) is -4.41. The van der Waals surface area contributed by atoms with Gasteiger partial charge in [-0.05, 0) is 42.3 Å². The van der Waals surface area contributed by atoms with E-state index in [1.165, 1.54) is 13.2 Å². The van der Waals surface area contributed by atoms with Crippen LogP contribution < -0.4 is 15.0 Å². The molecule has 0 unspecified atom stereocenters. The molecule has 2 heterocycles. The monoisotopic (exact) mass is 509 g/mol. The van der Waals surface area contributed by atoms with Crippen LogP contribution in [0.25, 0.3) is 10.6 Å². The number of hydrogen-bond acceptors (Lipinski definition) is 6. The van der Waals surface area contributed by atoms with Crippen LogP contribution in [0.3, 0.4) is 0 Å². The van der Waals surface area contributed by atoms with Gasteiger partial charge in [0, 0.05) is 25.3 Å². The molecule has 2 aromatic carbocycles. The first-order valence-corrected chi connectivity index (χ1v) is 11.7. The van der Waals surface area contributed by atoms with Crippen molar-refractivity contribution in [2.24, 2.45) is 0 Å². The average molecular weight is 510 g/mol. The van der Waals surface area contributed by atoms with Crippen LogP contribution in [0, 0.1) is 5.82 Å². The third-order valence-corrected chi connectivity index (χ3v) is 6.57. The number of carbonyl (C=O) groups excluding carboxylic acids is 1. The summed E-state index contributed by atoms with van der Waals surface area (Å²) in [5.74, 6) is -1.39. The van der Waals surface area contributed by atoms with Crippen LogP contribution in [0.15, 0.2) is 42.5 Å². The minimum atomic E-state index is -4.85. The van der Waals surface area contributed by atoms with E-state index < -0.39 is 28.5 Å². The van der Waals surface area contributed by atoms with Gasteiger partial charge in [0.15, 0.2) is 5.69 Å². The number of rotatable bonds is 7. The molecule has 1 aromatic heterocycles. The minimum absolute atomic E-state index is 0.0435. The maximum Gasteiger partial charge on any atom is 0.435 e. The number of morpholine rings is 1. The van der Waals surface area contributed by atoms with E-state index in [1.807, 2.05) is 24.3 Å². The van der Waals surface area contributed by atoms with E-state index in [0.29, 0.717) is 31.0 Å². The summed E-state index contributed by atoms with van der Waals surface area (Å²) in [5, 5.41) is 2.40. The van der Waals surface area contributed by atoms with Crippen molar-refractivity contribution in [3.63, 3.8) is 0 Å². The van der Waals surface area contributed by atoms with Crippen LogP contribution in [-0.4, -0.2) is 50.8 Å². The number of amides is 1. The van der Waals surface area contributed by atoms with E-state index >= 15 is 0 Å². The molecule has 11 heteroatoms. The van der Waals surface area contributed by atoms with E-state index in [2.05, 4.69) is 15.2 Å². The zero-order chi connectivity index (χ0) is 25.0. The maximum atomic E-state index is 13.8. The van der Waals surface area contributed by atoms with Crippen molar-refractivity contribution in [1.29, 1.82) is 0 Å². The molecule has 35 heavy (non-hydrogen) atoms. The van der Waals surface area contributed by atoms with E-state index in [-0.39, 0.29) is 22.9 Å². The van der Waals surface area contributed by atoms with Gasteiger partial charge >= 0.3 is 6.18 Å². The van der Waals surface area contributed by atoms with Crippen molar-refractivity contribution in [3.8, 4) is 16.3 Å². The molecule has 3 aromatic rings. The molecule has 1 saturated heterocycles. The summed E-state index contributed by atoms with van der Waals surface area (Å²) in [6, 6.07) is 11.2. The lowest BCUT2D eigenvalue weighted by molar-refractivity contribution is -0.141. The van der Waals surface area contributed by atoms with Crippen LogP contribution in [0.2, 0.25) is 0 Å². The third kappa shape index (κ3) is 5.91. The fraction of sp³-hybridized carbons (Fsp3) is 0.333. The fourth-order valence-electron chi connectivity index (χ4n) is 3.76. The van der Waals surface area contributed by atoms with E-state index in [4.69, 9.17) is 9.47 Å². The smallest absolute Gasteiger partial charge is 0.435 e. The van der Waals surface area contributed by atoms with Crippen LogP contribution >= 0.6 is 11.3 Å². The number of aromatic nitrogens is 1. The van der Waals surface area contributed by atoms with Gasteiger partial charge in [0.1, 0.15) is 21.5 Å². The molecule has 186 valence electrons. The number of anilines is 1. The normalized spacial score (nSPS) is 14.1. The zero-order valence-corrected chi connectivity index (χ0v) is 19.6. The molecule has 1 amide bonds. The number of thiazole rings is 1. The van der Waals surface area contributed by atoms with E-state index in [1.54, 1.807) is 0 Å². The lowest BCUT2D eigenvalue weighted by atomic mass is 10.1.